The van der Waals surface area contributed by atoms with Crippen molar-refractivity contribution in [2.75, 3.05) is 0 Å². The molecule has 0 saturated heterocycles. The van der Waals surface area contributed by atoms with Crippen LogP contribution in [0.2, 0.25) is 0 Å². The van der Waals surface area contributed by atoms with E-state index in [9.17, 15) is 4.79 Å². The zero-order valence-corrected chi connectivity index (χ0v) is 9.65. The summed E-state index contributed by atoms with van der Waals surface area (Å²) in [4.78, 5) is 14.3. The number of rotatable bonds is 1. The third-order valence-corrected chi connectivity index (χ3v) is 2.38. The van der Waals surface area contributed by atoms with E-state index in [1.807, 2.05) is 13.8 Å². The minimum atomic E-state index is -0.0324. The molecule has 1 heterocycles. The maximum absolute atomic E-state index is 10.8. The molecule has 0 saturated carbocycles. The zero-order chi connectivity index (χ0) is 6.85. The first-order valence-electron chi connectivity index (χ1n) is 2.87. The van der Waals surface area contributed by atoms with Crippen molar-refractivity contribution >= 4 is 23.2 Å². The number of thioether (sulfide) groups is 1. The Bertz CT molecular complexity index is 158. The summed E-state index contributed by atoms with van der Waals surface area (Å²) in [7, 11) is 0. The molecule has 4 heteroatoms. The first-order valence-corrected chi connectivity index (χ1v) is 3.75. The fraction of sp³-hybridized carbons (Fsp3) is 0.667. The van der Waals surface area contributed by atoms with E-state index in [2.05, 4.69) is 10.5 Å². The smallest absolute Gasteiger partial charge is 0.0992 e. The summed E-state index contributed by atoms with van der Waals surface area (Å²) >= 11 is 1.39. The van der Waals surface area contributed by atoms with E-state index >= 15 is 0 Å². The quantitative estimate of drug-likeness (QED) is 0.634. The van der Waals surface area contributed by atoms with Crippen LogP contribution >= 0.6 is 11.8 Å². The first-order chi connectivity index (χ1) is 4.22. The van der Waals surface area contributed by atoms with E-state index in [-0.39, 0.29) is 43.9 Å². The molecule has 0 aromatic rings. The Balaban J connectivity index is 0.000000810. The fourth-order valence-corrected chi connectivity index (χ4v) is 1.35. The van der Waals surface area contributed by atoms with Crippen molar-refractivity contribution < 1.29 is 37.5 Å². The average molecular weight is 231 g/mol. The molecule has 0 aromatic heterocycles. The monoisotopic (exact) mass is 231 g/mol. The van der Waals surface area contributed by atoms with Crippen molar-refractivity contribution in [3.8, 4) is 0 Å². The maximum atomic E-state index is 10.8. The van der Waals surface area contributed by atoms with Gasteiger partial charge in [-0.3, -0.25) is 0 Å². The minimum Gasteiger partial charge on any atom is -0.413 e. The van der Waals surface area contributed by atoms with Gasteiger partial charge in [-0.05, 0) is 5.92 Å². The molecule has 1 unspecified atom stereocenters. The topological polar surface area (TPSA) is 29.4 Å². The standard InChI is InChI=1S/C6H8NOS.Y/c1-4(2)5-6(8)7-3-9-5;/h4-5H,1-2H3;/q-1;. The average Bonchev–Trinajstić information content (AvgIpc) is 2.13. The van der Waals surface area contributed by atoms with E-state index in [0.717, 1.165) is 0 Å². The molecule has 0 spiro atoms. The second kappa shape index (κ2) is 4.63. The summed E-state index contributed by atoms with van der Waals surface area (Å²) in [5.74, 6) is 0.344. The van der Waals surface area contributed by atoms with E-state index in [0.29, 0.717) is 5.92 Å². The second-order valence-electron chi connectivity index (χ2n) is 2.32. The van der Waals surface area contributed by atoms with Crippen LogP contribution in [0.5, 0.6) is 0 Å². The van der Waals surface area contributed by atoms with Crippen LogP contribution in [-0.2, 0) is 37.5 Å². The predicted molar refractivity (Wildman–Crippen MR) is 38.7 cm³/mol. The summed E-state index contributed by atoms with van der Waals surface area (Å²) in [6.45, 7) is 4.02. The molecule has 53 valence electrons. The largest absolute Gasteiger partial charge is 0.413 e. The normalized spacial score (nSPS) is 23.5. The second-order valence-corrected chi connectivity index (χ2v) is 3.25. The summed E-state index contributed by atoms with van der Waals surface area (Å²) in [5.41, 5.74) is 2.60. The summed E-state index contributed by atoms with van der Waals surface area (Å²) in [5, 5.41) is 0.0324. The van der Waals surface area contributed by atoms with Gasteiger partial charge in [0.05, 0.1) is 5.91 Å². The van der Waals surface area contributed by atoms with Crippen LogP contribution in [0, 0.1) is 5.92 Å². The molecule has 10 heavy (non-hydrogen) atoms. The Hall–Kier alpha value is 0.794. The summed E-state index contributed by atoms with van der Waals surface area (Å²) in [6, 6.07) is 0. The molecule has 0 bridgehead atoms. The van der Waals surface area contributed by atoms with Gasteiger partial charge in [0.15, 0.2) is 0 Å². The van der Waals surface area contributed by atoms with Gasteiger partial charge in [0.25, 0.3) is 0 Å². The fourth-order valence-electron chi connectivity index (χ4n) is 0.663. The Morgan fingerprint density at radius 1 is 1.70 bits per heavy atom. The van der Waals surface area contributed by atoms with Gasteiger partial charge < -0.3 is 9.79 Å². The van der Waals surface area contributed by atoms with Gasteiger partial charge in [-0.25, -0.2) is 11.8 Å². The van der Waals surface area contributed by atoms with Gasteiger partial charge in [0, 0.05) is 38.0 Å². The van der Waals surface area contributed by atoms with Gasteiger partial charge in [-0.2, -0.15) is 0 Å². The van der Waals surface area contributed by atoms with E-state index in [1.165, 1.54) is 11.8 Å². The van der Waals surface area contributed by atoms with Gasteiger partial charge in [0.1, 0.15) is 0 Å². The zero-order valence-electron chi connectivity index (χ0n) is 6.00. The molecular formula is C6H8NOSY-. The van der Waals surface area contributed by atoms with Crippen molar-refractivity contribution in [2.45, 2.75) is 19.1 Å². The molecule has 0 fully saturated rings. The van der Waals surface area contributed by atoms with E-state index in [4.69, 9.17) is 0 Å². The van der Waals surface area contributed by atoms with Crippen molar-refractivity contribution in [1.82, 2.24) is 0 Å². The molecule has 2 nitrogen and oxygen atoms in total. The number of carbonyl (C=O) groups excluding carboxylic acids is 1. The van der Waals surface area contributed by atoms with Crippen LogP contribution < -0.4 is 0 Å². The Morgan fingerprint density at radius 3 is 2.50 bits per heavy atom. The SMILES string of the molecule is CC(C)C1S[C-]=NC1=O.[Y]. The molecule has 1 radical (unpaired) electrons. The molecule has 1 aliphatic heterocycles. The number of hydrogen-bond donors (Lipinski definition) is 0. The number of aliphatic imine (C=N–C) groups is 1. The van der Waals surface area contributed by atoms with Gasteiger partial charge >= 0.3 is 0 Å². The van der Waals surface area contributed by atoms with Gasteiger partial charge in [-0.1, -0.05) is 13.8 Å². The van der Waals surface area contributed by atoms with Gasteiger partial charge in [-0.15, -0.1) is 5.55 Å². The van der Waals surface area contributed by atoms with Crippen LogP contribution in [0.1, 0.15) is 13.8 Å². The number of amides is 1. The van der Waals surface area contributed by atoms with Crippen LogP contribution in [0.15, 0.2) is 4.99 Å². The van der Waals surface area contributed by atoms with Crippen molar-refractivity contribution in [3.05, 3.63) is 0 Å². The maximum Gasteiger partial charge on any atom is 0.0992 e. The van der Waals surface area contributed by atoms with Crippen LogP contribution in [0.25, 0.3) is 0 Å². The number of nitrogens with zero attached hydrogens (tertiary/aromatic N) is 1. The molecule has 1 amide bonds. The van der Waals surface area contributed by atoms with Crippen molar-refractivity contribution in [3.63, 3.8) is 0 Å². The minimum absolute atomic E-state index is 0. The molecule has 1 aliphatic rings. The van der Waals surface area contributed by atoms with Crippen molar-refractivity contribution in [2.24, 2.45) is 10.9 Å². The number of hydrogen-bond acceptors (Lipinski definition) is 2. The van der Waals surface area contributed by atoms with E-state index < -0.39 is 0 Å². The number of carbonyl (C=O) groups is 1. The molecule has 0 N–H and O–H groups in total. The van der Waals surface area contributed by atoms with Crippen molar-refractivity contribution in [1.29, 1.82) is 0 Å². The summed E-state index contributed by atoms with van der Waals surface area (Å²) in [6.07, 6.45) is 0. The summed E-state index contributed by atoms with van der Waals surface area (Å²) < 4.78 is 0. The molecule has 1 atom stereocenters. The van der Waals surface area contributed by atoms with Crippen LogP contribution in [0.3, 0.4) is 0 Å². The van der Waals surface area contributed by atoms with Gasteiger partial charge in [0.2, 0.25) is 0 Å². The molecule has 0 aromatic carbocycles. The molecule has 1 rings (SSSR count). The Kier molecular flexibility index (Phi) is 4.99. The molecular weight excluding hydrogens is 223 g/mol. The predicted octanol–water partition coefficient (Wildman–Crippen LogP) is 1.19. The Morgan fingerprint density at radius 2 is 2.30 bits per heavy atom. The Labute approximate surface area is 90.1 Å². The third-order valence-electron chi connectivity index (χ3n) is 1.18. The van der Waals surface area contributed by atoms with E-state index in [1.54, 1.807) is 0 Å². The first kappa shape index (κ1) is 10.8. The molecule has 0 aliphatic carbocycles. The third kappa shape index (κ3) is 2.44. The van der Waals surface area contributed by atoms with Crippen LogP contribution in [0.4, 0.5) is 0 Å². The van der Waals surface area contributed by atoms with Crippen LogP contribution in [-0.4, -0.2) is 16.7 Å².